The molecule has 22 heavy (non-hydrogen) atoms. The van der Waals surface area contributed by atoms with E-state index in [-0.39, 0.29) is 23.9 Å². The van der Waals surface area contributed by atoms with Gasteiger partial charge in [0, 0.05) is 12.7 Å². The fourth-order valence-corrected chi connectivity index (χ4v) is 2.43. The Morgan fingerprint density at radius 1 is 1.41 bits per heavy atom. The third-order valence-corrected chi connectivity index (χ3v) is 3.61. The number of benzene rings is 1. The summed E-state index contributed by atoms with van der Waals surface area (Å²) in [5.74, 6) is -0.752. The predicted octanol–water partition coefficient (Wildman–Crippen LogP) is 2.24. The van der Waals surface area contributed by atoms with Gasteiger partial charge < -0.3 is 10.6 Å². The number of aryl methyl sites for hydroxylation is 1. The standard InChI is InChI=1S/C15H15FN4O.ClH/c1-9-12(7-18-8-19-9)15(21)20-13-3-2-10-6-17-5-4-11(10)14(13)16;/h2-3,7-8,17H,4-6H2,1H3,(H,20,21);1H. The van der Waals surface area contributed by atoms with Gasteiger partial charge in [0.05, 0.1) is 16.9 Å². The maximum absolute atomic E-state index is 14.5. The van der Waals surface area contributed by atoms with Crippen LogP contribution < -0.4 is 10.6 Å². The lowest BCUT2D eigenvalue weighted by molar-refractivity contribution is 0.102. The largest absolute Gasteiger partial charge is 0.319 e. The van der Waals surface area contributed by atoms with Crippen LogP contribution in [0.5, 0.6) is 0 Å². The summed E-state index contributed by atoms with van der Waals surface area (Å²) >= 11 is 0. The van der Waals surface area contributed by atoms with E-state index in [4.69, 9.17) is 0 Å². The molecule has 2 heterocycles. The van der Waals surface area contributed by atoms with Crippen LogP contribution in [0.1, 0.15) is 27.2 Å². The smallest absolute Gasteiger partial charge is 0.259 e. The number of aromatic nitrogens is 2. The lowest BCUT2D eigenvalue weighted by Gasteiger charge is -2.19. The Morgan fingerprint density at radius 2 is 2.23 bits per heavy atom. The molecule has 2 aromatic rings. The minimum absolute atomic E-state index is 0. The van der Waals surface area contributed by atoms with Gasteiger partial charge in [-0.3, -0.25) is 4.79 Å². The summed E-state index contributed by atoms with van der Waals surface area (Å²) in [6.07, 6.45) is 3.43. The van der Waals surface area contributed by atoms with Gasteiger partial charge in [0.1, 0.15) is 12.1 Å². The van der Waals surface area contributed by atoms with Crippen molar-refractivity contribution in [3.05, 3.63) is 52.9 Å². The van der Waals surface area contributed by atoms with Gasteiger partial charge in [-0.15, -0.1) is 12.4 Å². The zero-order chi connectivity index (χ0) is 14.8. The number of fused-ring (bicyclic) bond motifs is 1. The zero-order valence-electron chi connectivity index (χ0n) is 12.0. The maximum Gasteiger partial charge on any atom is 0.259 e. The van der Waals surface area contributed by atoms with Crippen LogP contribution in [0, 0.1) is 12.7 Å². The van der Waals surface area contributed by atoms with Crippen molar-refractivity contribution in [2.24, 2.45) is 0 Å². The molecule has 1 amide bonds. The summed E-state index contributed by atoms with van der Waals surface area (Å²) < 4.78 is 14.5. The van der Waals surface area contributed by atoms with E-state index in [0.29, 0.717) is 29.8 Å². The van der Waals surface area contributed by atoms with Crippen molar-refractivity contribution in [2.45, 2.75) is 19.9 Å². The molecule has 1 aromatic heterocycles. The Kier molecular flexibility index (Phi) is 5.05. The monoisotopic (exact) mass is 322 g/mol. The van der Waals surface area contributed by atoms with E-state index in [1.807, 2.05) is 6.07 Å². The highest BCUT2D eigenvalue weighted by Crippen LogP contribution is 2.25. The van der Waals surface area contributed by atoms with E-state index >= 15 is 0 Å². The number of nitrogens with zero attached hydrogens (tertiary/aromatic N) is 2. The van der Waals surface area contributed by atoms with E-state index in [2.05, 4.69) is 20.6 Å². The fraction of sp³-hybridized carbons (Fsp3) is 0.267. The van der Waals surface area contributed by atoms with Crippen LogP contribution >= 0.6 is 12.4 Å². The van der Waals surface area contributed by atoms with Crippen molar-refractivity contribution in [2.75, 3.05) is 11.9 Å². The molecule has 0 unspecified atom stereocenters. The molecule has 1 aliphatic heterocycles. The van der Waals surface area contributed by atoms with E-state index in [0.717, 1.165) is 12.1 Å². The minimum atomic E-state index is -0.402. The van der Waals surface area contributed by atoms with Crippen molar-refractivity contribution in [1.29, 1.82) is 0 Å². The van der Waals surface area contributed by atoms with Gasteiger partial charge in [-0.1, -0.05) is 6.07 Å². The molecule has 0 saturated heterocycles. The number of nitrogens with one attached hydrogen (secondary N) is 2. The van der Waals surface area contributed by atoms with Gasteiger partial charge >= 0.3 is 0 Å². The second-order valence-corrected chi connectivity index (χ2v) is 4.97. The highest BCUT2D eigenvalue weighted by Gasteiger charge is 2.18. The molecule has 0 spiro atoms. The number of amides is 1. The van der Waals surface area contributed by atoms with Gasteiger partial charge in [0.25, 0.3) is 5.91 Å². The van der Waals surface area contributed by atoms with Crippen LogP contribution in [0.15, 0.2) is 24.7 Å². The van der Waals surface area contributed by atoms with Crippen molar-refractivity contribution in [1.82, 2.24) is 15.3 Å². The van der Waals surface area contributed by atoms with Gasteiger partial charge in [-0.2, -0.15) is 0 Å². The molecule has 1 aromatic carbocycles. The topological polar surface area (TPSA) is 66.9 Å². The van der Waals surface area contributed by atoms with Gasteiger partial charge in [0.2, 0.25) is 0 Å². The molecular weight excluding hydrogens is 307 g/mol. The van der Waals surface area contributed by atoms with E-state index in [1.54, 1.807) is 13.0 Å². The average Bonchev–Trinajstić information content (AvgIpc) is 2.51. The number of anilines is 1. The lowest BCUT2D eigenvalue weighted by atomic mass is 9.99. The number of hydrogen-bond acceptors (Lipinski definition) is 4. The van der Waals surface area contributed by atoms with Crippen LogP contribution in [0.4, 0.5) is 10.1 Å². The molecule has 1 aliphatic rings. The quantitative estimate of drug-likeness (QED) is 0.890. The van der Waals surface area contributed by atoms with Crippen LogP contribution in [0.3, 0.4) is 0 Å². The summed E-state index contributed by atoms with van der Waals surface area (Å²) in [5, 5.41) is 5.79. The van der Waals surface area contributed by atoms with Gasteiger partial charge in [0.15, 0.2) is 0 Å². The zero-order valence-corrected chi connectivity index (χ0v) is 12.8. The second-order valence-electron chi connectivity index (χ2n) is 4.97. The summed E-state index contributed by atoms with van der Waals surface area (Å²) in [6.45, 7) is 3.12. The fourth-order valence-electron chi connectivity index (χ4n) is 2.43. The highest BCUT2D eigenvalue weighted by atomic mass is 35.5. The van der Waals surface area contributed by atoms with Crippen molar-refractivity contribution in [3.8, 4) is 0 Å². The Morgan fingerprint density at radius 3 is 3.00 bits per heavy atom. The van der Waals surface area contributed by atoms with Crippen LogP contribution in [0.25, 0.3) is 0 Å². The molecule has 7 heteroatoms. The molecule has 0 fully saturated rings. The third kappa shape index (κ3) is 3.08. The second kappa shape index (κ2) is 6.81. The number of halogens is 2. The maximum atomic E-state index is 14.5. The van der Waals surface area contributed by atoms with E-state index < -0.39 is 5.91 Å². The summed E-state index contributed by atoms with van der Waals surface area (Å²) in [5.41, 5.74) is 2.72. The Bertz CT molecular complexity index is 708. The number of hydrogen-bond donors (Lipinski definition) is 2. The Balaban J connectivity index is 0.00000176. The molecule has 0 aliphatic carbocycles. The summed E-state index contributed by atoms with van der Waals surface area (Å²) in [7, 11) is 0. The SMILES string of the molecule is Cc1ncncc1C(=O)Nc1ccc2c(c1F)CCNC2.Cl. The lowest BCUT2D eigenvalue weighted by Crippen LogP contribution is -2.25. The molecule has 116 valence electrons. The highest BCUT2D eigenvalue weighted by molar-refractivity contribution is 6.04. The molecule has 5 nitrogen and oxygen atoms in total. The first-order chi connectivity index (χ1) is 10.2. The molecular formula is C15H16ClFN4O. The molecule has 0 radical (unpaired) electrons. The van der Waals surface area contributed by atoms with Gasteiger partial charge in [-0.05, 0) is 37.1 Å². The third-order valence-electron chi connectivity index (χ3n) is 3.61. The Hall–Kier alpha value is -2.05. The van der Waals surface area contributed by atoms with Crippen LogP contribution in [-0.2, 0) is 13.0 Å². The van der Waals surface area contributed by atoms with Gasteiger partial charge in [-0.25, -0.2) is 14.4 Å². The predicted molar refractivity (Wildman–Crippen MR) is 83.8 cm³/mol. The number of carbonyl (C=O) groups excluding carboxylic acids is 1. The first-order valence-electron chi connectivity index (χ1n) is 6.75. The molecule has 0 atom stereocenters. The average molecular weight is 323 g/mol. The van der Waals surface area contributed by atoms with E-state index in [9.17, 15) is 9.18 Å². The first-order valence-corrected chi connectivity index (χ1v) is 6.75. The normalized spacial score (nSPS) is 13.0. The Labute approximate surface area is 133 Å². The molecule has 3 rings (SSSR count). The van der Waals surface area contributed by atoms with Crippen molar-refractivity contribution < 1.29 is 9.18 Å². The van der Waals surface area contributed by atoms with Crippen molar-refractivity contribution >= 4 is 24.0 Å². The van der Waals surface area contributed by atoms with Crippen LogP contribution in [0.2, 0.25) is 0 Å². The summed E-state index contributed by atoms with van der Waals surface area (Å²) in [6, 6.07) is 3.44. The number of rotatable bonds is 2. The number of carbonyl (C=O) groups is 1. The van der Waals surface area contributed by atoms with Crippen LogP contribution in [-0.4, -0.2) is 22.4 Å². The minimum Gasteiger partial charge on any atom is -0.319 e. The molecule has 0 saturated carbocycles. The van der Waals surface area contributed by atoms with Crippen molar-refractivity contribution in [3.63, 3.8) is 0 Å². The summed E-state index contributed by atoms with van der Waals surface area (Å²) in [4.78, 5) is 20.0. The molecule has 2 N–H and O–H groups in total. The van der Waals surface area contributed by atoms with E-state index in [1.165, 1.54) is 12.5 Å². The molecule has 0 bridgehead atoms. The first kappa shape index (κ1) is 16.3.